The standard InChI is InChI=1S/C26H30ClFN6/c1-13-14-2-4-15(5-3-14)19(13)11-21-22(28)26(34(17-6-7-17)18-8-9-18)31-25(30-21)23-20-10-16(27)12-29-24(20)33-32-23/h10,12-15,17-19H,2-9,11H2,1H3,(H,29,32,33)/t13-,14?,15?,19+/m0/s1. The number of nitrogens with one attached hydrogen (secondary N) is 1. The number of fused-ring (bicyclic) bond motifs is 4. The number of hydrogen-bond acceptors (Lipinski definition) is 5. The molecule has 2 atom stereocenters. The molecule has 0 spiro atoms. The van der Waals surface area contributed by atoms with Crippen LogP contribution in [0.15, 0.2) is 12.3 Å². The highest BCUT2D eigenvalue weighted by molar-refractivity contribution is 6.31. The summed E-state index contributed by atoms with van der Waals surface area (Å²) in [5, 5.41) is 8.70. The maximum Gasteiger partial charge on any atom is 0.187 e. The van der Waals surface area contributed by atoms with Crippen molar-refractivity contribution in [1.29, 1.82) is 0 Å². The summed E-state index contributed by atoms with van der Waals surface area (Å²) >= 11 is 6.24. The Kier molecular flexibility index (Phi) is 4.87. The fourth-order valence-corrected chi connectivity index (χ4v) is 6.90. The Bertz CT molecular complexity index is 1230. The van der Waals surface area contributed by atoms with Gasteiger partial charge in [-0.05, 0) is 87.5 Å². The number of H-pyrrole nitrogens is 1. The fraction of sp³-hybridized carbons (Fsp3) is 0.615. The number of aromatic nitrogens is 5. The van der Waals surface area contributed by atoms with Crippen molar-refractivity contribution in [1.82, 2.24) is 25.1 Å². The van der Waals surface area contributed by atoms with Gasteiger partial charge in [-0.3, -0.25) is 5.10 Å². The smallest absolute Gasteiger partial charge is 0.187 e. The van der Waals surface area contributed by atoms with Crippen LogP contribution in [0.5, 0.6) is 0 Å². The van der Waals surface area contributed by atoms with Crippen LogP contribution < -0.4 is 4.90 Å². The minimum absolute atomic E-state index is 0.212. The number of anilines is 1. The molecule has 0 saturated heterocycles. The zero-order valence-corrected chi connectivity index (χ0v) is 20.2. The normalized spacial score (nSPS) is 28.6. The van der Waals surface area contributed by atoms with Crippen molar-refractivity contribution in [3.63, 3.8) is 0 Å². The molecule has 0 radical (unpaired) electrons. The summed E-state index contributed by atoms with van der Waals surface area (Å²) in [7, 11) is 0. The Labute approximate surface area is 203 Å². The zero-order valence-electron chi connectivity index (χ0n) is 19.5. The molecule has 34 heavy (non-hydrogen) atoms. The third-order valence-corrected chi connectivity index (χ3v) is 9.10. The first-order chi connectivity index (χ1) is 16.6. The van der Waals surface area contributed by atoms with Crippen LogP contribution in [0.3, 0.4) is 0 Å². The monoisotopic (exact) mass is 480 g/mol. The molecule has 3 aromatic rings. The van der Waals surface area contributed by atoms with Crippen molar-refractivity contribution in [2.24, 2.45) is 23.7 Å². The van der Waals surface area contributed by atoms with Gasteiger partial charge in [0, 0.05) is 18.3 Å². The lowest BCUT2D eigenvalue weighted by atomic mass is 9.58. The van der Waals surface area contributed by atoms with E-state index in [2.05, 4.69) is 27.0 Å². The van der Waals surface area contributed by atoms with E-state index in [1.807, 2.05) is 6.07 Å². The molecule has 0 unspecified atom stereocenters. The summed E-state index contributed by atoms with van der Waals surface area (Å²) in [5.41, 5.74) is 1.79. The van der Waals surface area contributed by atoms with Crippen LogP contribution in [-0.4, -0.2) is 37.2 Å². The van der Waals surface area contributed by atoms with Crippen molar-refractivity contribution in [2.75, 3.05) is 4.90 Å². The summed E-state index contributed by atoms with van der Waals surface area (Å²) in [6.07, 6.45) is 11.9. The van der Waals surface area contributed by atoms with Gasteiger partial charge < -0.3 is 4.90 Å². The van der Waals surface area contributed by atoms with Gasteiger partial charge in [0.05, 0.1) is 16.1 Å². The first-order valence-corrected chi connectivity index (χ1v) is 13.3. The van der Waals surface area contributed by atoms with E-state index >= 15 is 4.39 Å². The lowest BCUT2D eigenvalue weighted by Gasteiger charge is -2.47. The van der Waals surface area contributed by atoms with Gasteiger partial charge in [-0.1, -0.05) is 18.5 Å². The van der Waals surface area contributed by atoms with Crippen LogP contribution >= 0.6 is 11.6 Å². The largest absolute Gasteiger partial charge is 0.348 e. The van der Waals surface area contributed by atoms with Gasteiger partial charge in [0.25, 0.3) is 0 Å². The predicted molar refractivity (Wildman–Crippen MR) is 130 cm³/mol. The maximum atomic E-state index is 16.2. The Morgan fingerprint density at radius 3 is 2.41 bits per heavy atom. The molecular formula is C26H30ClFN6. The number of pyridine rings is 1. The second-order valence-electron chi connectivity index (χ2n) is 11.0. The molecule has 1 N–H and O–H groups in total. The number of aromatic amines is 1. The fourth-order valence-electron chi connectivity index (χ4n) is 6.75. The minimum Gasteiger partial charge on any atom is -0.348 e. The molecule has 2 bridgehead atoms. The number of hydrogen-bond donors (Lipinski definition) is 1. The Hall–Kier alpha value is -2.28. The van der Waals surface area contributed by atoms with Gasteiger partial charge >= 0.3 is 0 Å². The third-order valence-electron chi connectivity index (χ3n) is 8.90. The molecular weight excluding hydrogens is 451 g/mol. The second kappa shape index (κ2) is 7.87. The predicted octanol–water partition coefficient (Wildman–Crippen LogP) is 5.95. The molecule has 0 aliphatic heterocycles. The van der Waals surface area contributed by atoms with Gasteiger partial charge in [-0.2, -0.15) is 5.10 Å². The van der Waals surface area contributed by atoms with Crippen molar-refractivity contribution in [3.05, 3.63) is 28.8 Å². The number of halogens is 2. The molecule has 5 aliphatic rings. The molecule has 5 aliphatic carbocycles. The summed E-state index contributed by atoms with van der Waals surface area (Å²) in [6.45, 7) is 2.37. The van der Waals surface area contributed by atoms with Gasteiger partial charge in [-0.25, -0.2) is 19.3 Å². The minimum atomic E-state index is -0.212. The average molecular weight is 481 g/mol. The van der Waals surface area contributed by atoms with E-state index in [0.29, 0.717) is 70.0 Å². The molecule has 5 saturated carbocycles. The van der Waals surface area contributed by atoms with Gasteiger partial charge in [0.15, 0.2) is 23.1 Å². The van der Waals surface area contributed by atoms with E-state index < -0.39 is 0 Å². The van der Waals surface area contributed by atoms with Crippen molar-refractivity contribution in [3.8, 4) is 11.5 Å². The quantitative estimate of drug-likeness (QED) is 0.471. The average Bonchev–Trinajstić information content (AvgIpc) is 3.78. The van der Waals surface area contributed by atoms with E-state index in [0.717, 1.165) is 37.0 Å². The highest BCUT2D eigenvalue weighted by Gasteiger charge is 2.44. The van der Waals surface area contributed by atoms with E-state index in [1.165, 1.54) is 25.7 Å². The summed E-state index contributed by atoms with van der Waals surface area (Å²) in [6, 6.07) is 2.63. The highest BCUT2D eigenvalue weighted by Crippen LogP contribution is 2.50. The molecule has 5 fully saturated rings. The molecule has 8 heteroatoms. The molecule has 0 amide bonds. The maximum absolute atomic E-state index is 16.2. The Morgan fingerprint density at radius 1 is 1.03 bits per heavy atom. The topological polar surface area (TPSA) is 70.6 Å². The number of rotatable bonds is 6. The number of nitrogens with zero attached hydrogens (tertiary/aromatic N) is 5. The molecule has 178 valence electrons. The van der Waals surface area contributed by atoms with Crippen LogP contribution in [0, 0.1) is 29.5 Å². The molecule has 8 rings (SSSR count). The van der Waals surface area contributed by atoms with Crippen molar-refractivity contribution in [2.45, 2.75) is 76.8 Å². The van der Waals surface area contributed by atoms with Gasteiger partial charge in [0.2, 0.25) is 0 Å². The van der Waals surface area contributed by atoms with E-state index in [-0.39, 0.29) is 5.82 Å². The molecule has 6 nitrogen and oxygen atoms in total. The lowest BCUT2D eigenvalue weighted by Crippen LogP contribution is -2.40. The first kappa shape index (κ1) is 21.0. The van der Waals surface area contributed by atoms with Gasteiger partial charge in [-0.15, -0.1) is 0 Å². The van der Waals surface area contributed by atoms with Crippen molar-refractivity contribution >= 4 is 28.5 Å². The molecule has 3 aromatic heterocycles. The van der Waals surface area contributed by atoms with E-state index in [9.17, 15) is 0 Å². The SMILES string of the molecule is C[C@H]1C2CCC(CC2)[C@@H]1Cc1nc(-c2[nH]nc3ncc(Cl)cc23)nc(N(C2CC2)C2CC2)c1F. The Balaban J connectivity index is 1.35. The van der Waals surface area contributed by atoms with Crippen molar-refractivity contribution < 1.29 is 4.39 Å². The third kappa shape index (κ3) is 3.50. The van der Waals surface area contributed by atoms with Crippen LogP contribution in [0.4, 0.5) is 10.2 Å². The lowest BCUT2D eigenvalue weighted by molar-refractivity contribution is 0.0334. The zero-order chi connectivity index (χ0) is 23.0. The van der Waals surface area contributed by atoms with E-state index in [4.69, 9.17) is 21.6 Å². The molecule has 3 heterocycles. The highest BCUT2D eigenvalue weighted by atomic mass is 35.5. The van der Waals surface area contributed by atoms with Crippen LogP contribution in [0.1, 0.15) is 64.0 Å². The van der Waals surface area contributed by atoms with E-state index in [1.54, 1.807) is 6.20 Å². The Morgan fingerprint density at radius 2 is 1.74 bits per heavy atom. The first-order valence-electron chi connectivity index (χ1n) is 12.9. The van der Waals surface area contributed by atoms with Crippen LogP contribution in [0.2, 0.25) is 5.02 Å². The summed E-state index contributed by atoms with van der Waals surface area (Å²) in [5.74, 6) is 3.33. The van der Waals surface area contributed by atoms with Gasteiger partial charge in [0.1, 0.15) is 5.69 Å². The van der Waals surface area contributed by atoms with Crippen LogP contribution in [0.25, 0.3) is 22.6 Å². The molecule has 0 aromatic carbocycles. The summed E-state index contributed by atoms with van der Waals surface area (Å²) in [4.78, 5) is 16.3. The summed E-state index contributed by atoms with van der Waals surface area (Å²) < 4.78 is 16.2. The second-order valence-corrected chi connectivity index (χ2v) is 11.5. The van der Waals surface area contributed by atoms with Crippen LogP contribution in [-0.2, 0) is 6.42 Å².